The number of hydrogen-bond acceptors (Lipinski definition) is 3. The first kappa shape index (κ1) is 14.3. The molecule has 19 heavy (non-hydrogen) atoms. The van der Waals surface area contributed by atoms with Gasteiger partial charge in [0.25, 0.3) is 0 Å². The third-order valence-electron chi connectivity index (χ3n) is 3.59. The van der Waals surface area contributed by atoms with Crippen molar-refractivity contribution in [1.82, 2.24) is 10.3 Å². The van der Waals surface area contributed by atoms with Crippen molar-refractivity contribution in [2.45, 2.75) is 71.1 Å². The molecule has 0 saturated heterocycles. The molecule has 1 aromatic heterocycles. The van der Waals surface area contributed by atoms with Gasteiger partial charge < -0.3 is 10.1 Å². The molecule has 0 unspecified atom stereocenters. The zero-order valence-corrected chi connectivity index (χ0v) is 12.2. The largest absolute Gasteiger partial charge is 0.489 e. The summed E-state index contributed by atoms with van der Waals surface area (Å²) in [6.07, 6.45) is 9.96. The summed E-state index contributed by atoms with van der Waals surface area (Å²) in [5.41, 5.74) is 1.07. The van der Waals surface area contributed by atoms with Crippen molar-refractivity contribution in [3.05, 3.63) is 24.0 Å². The van der Waals surface area contributed by atoms with Crippen molar-refractivity contribution in [2.24, 2.45) is 0 Å². The summed E-state index contributed by atoms with van der Waals surface area (Å²) < 4.78 is 6.03. The number of nitrogens with one attached hydrogen (secondary N) is 1. The molecule has 1 aliphatic carbocycles. The molecule has 1 fully saturated rings. The van der Waals surface area contributed by atoms with Crippen LogP contribution < -0.4 is 10.1 Å². The van der Waals surface area contributed by atoms with E-state index in [1.807, 2.05) is 6.20 Å². The molecule has 0 amide bonds. The summed E-state index contributed by atoms with van der Waals surface area (Å²) in [6, 6.07) is 4.60. The van der Waals surface area contributed by atoms with Crippen molar-refractivity contribution >= 4 is 0 Å². The van der Waals surface area contributed by atoms with Crippen molar-refractivity contribution < 1.29 is 4.74 Å². The van der Waals surface area contributed by atoms with E-state index in [9.17, 15) is 0 Å². The first-order valence-electron chi connectivity index (χ1n) is 7.59. The van der Waals surface area contributed by atoms with Gasteiger partial charge >= 0.3 is 0 Å². The van der Waals surface area contributed by atoms with Gasteiger partial charge in [-0.1, -0.05) is 26.7 Å². The maximum Gasteiger partial charge on any atom is 0.138 e. The van der Waals surface area contributed by atoms with Crippen LogP contribution in [0.25, 0.3) is 0 Å². The lowest BCUT2D eigenvalue weighted by molar-refractivity contribution is 0.183. The molecule has 106 valence electrons. The van der Waals surface area contributed by atoms with E-state index in [0.29, 0.717) is 12.1 Å². The Hall–Kier alpha value is -1.09. The maximum absolute atomic E-state index is 6.03. The average Bonchev–Trinajstić information content (AvgIpc) is 2.66. The van der Waals surface area contributed by atoms with E-state index in [-0.39, 0.29) is 0 Å². The molecule has 3 heteroatoms. The Kier molecular flexibility index (Phi) is 5.64. The van der Waals surface area contributed by atoms with Crippen LogP contribution in [0.2, 0.25) is 0 Å². The van der Waals surface area contributed by atoms with Gasteiger partial charge in [0.1, 0.15) is 5.75 Å². The van der Waals surface area contributed by atoms with Crippen LogP contribution in [0, 0.1) is 0 Å². The van der Waals surface area contributed by atoms with Gasteiger partial charge in [0.15, 0.2) is 0 Å². The van der Waals surface area contributed by atoms with Crippen LogP contribution in [-0.2, 0) is 6.54 Å². The number of ether oxygens (including phenoxy) is 1. The van der Waals surface area contributed by atoms with Gasteiger partial charge in [-0.05, 0) is 37.8 Å². The van der Waals surface area contributed by atoms with Crippen molar-refractivity contribution in [3.63, 3.8) is 0 Å². The van der Waals surface area contributed by atoms with Crippen LogP contribution in [0.3, 0.4) is 0 Å². The Labute approximate surface area is 116 Å². The summed E-state index contributed by atoms with van der Waals surface area (Å²) in [5.74, 6) is 0.917. The second kappa shape index (κ2) is 7.49. The van der Waals surface area contributed by atoms with Crippen LogP contribution in [0.1, 0.15) is 58.1 Å². The Morgan fingerprint density at radius 3 is 2.53 bits per heavy atom. The summed E-state index contributed by atoms with van der Waals surface area (Å²) in [7, 11) is 0. The highest BCUT2D eigenvalue weighted by molar-refractivity contribution is 5.20. The molecule has 3 nitrogen and oxygen atoms in total. The normalized spacial score (nSPS) is 17.4. The van der Waals surface area contributed by atoms with Gasteiger partial charge in [-0.15, -0.1) is 0 Å². The van der Waals surface area contributed by atoms with Crippen LogP contribution >= 0.6 is 0 Å². The highest BCUT2D eigenvalue weighted by Gasteiger charge is 2.13. The number of aromatic nitrogens is 1. The number of rotatable bonds is 5. The monoisotopic (exact) mass is 262 g/mol. The zero-order valence-electron chi connectivity index (χ0n) is 12.2. The Bertz CT molecular complexity index is 354. The van der Waals surface area contributed by atoms with Crippen LogP contribution in [-0.4, -0.2) is 17.1 Å². The molecular formula is C16H26N2O. The number of hydrogen-bond donors (Lipinski definition) is 1. The highest BCUT2D eigenvalue weighted by atomic mass is 16.5. The zero-order chi connectivity index (χ0) is 13.5. The van der Waals surface area contributed by atoms with Gasteiger partial charge in [0.2, 0.25) is 0 Å². The van der Waals surface area contributed by atoms with E-state index in [1.54, 1.807) is 0 Å². The smallest absolute Gasteiger partial charge is 0.138 e. The third kappa shape index (κ3) is 5.19. The van der Waals surface area contributed by atoms with Gasteiger partial charge in [-0.2, -0.15) is 0 Å². The van der Waals surface area contributed by atoms with E-state index in [2.05, 4.69) is 36.3 Å². The van der Waals surface area contributed by atoms with E-state index >= 15 is 0 Å². The number of pyridine rings is 1. The molecule has 1 aliphatic rings. The SMILES string of the molecule is CC(C)NCc1ccc(OC2CCCCCC2)cn1. The Morgan fingerprint density at radius 1 is 1.21 bits per heavy atom. The summed E-state index contributed by atoms with van der Waals surface area (Å²) in [6.45, 7) is 5.11. The molecule has 0 spiro atoms. The molecule has 0 aliphatic heterocycles. The number of nitrogens with zero attached hydrogens (tertiary/aromatic N) is 1. The molecule has 1 heterocycles. The minimum atomic E-state index is 0.393. The standard InChI is InChI=1S/C16H26N2O/c1-13(2)17-11-14-9-10-16(12-18-14)19-15-7-5-3-4-6-8-15/h9-10,12-13,15,17H,3-8,11H2,1-2H3. The maximum atomic E-state index is 6.03. The lowest BCUT2D eigenvalue weighted by Crippen LogP contribution is -2.22. The molecule has 0 bridgehead atoms. The first-order chi connectivity index (χ1) is 9.24. The predicted octanol–water partition coefficient (Wildman–Crippen LogP) is 3.68. The molecule has 2 rings (SSSR count). The lowest BCUT2D eigenvalue weighted by atomic mass is 10.1. The summed E-state index contributed by atoms with van der Waals surface area (Å²) in [5, 5.41) is 3.37. The van der Waals surface area contributed by atoms with Crippen molar-refractivity contribution in [2.75, 3.05) is 0 Å². The second-order valence-electron chi connectivity index (χ2n) is 5.75. The van der Waals surface area contributed by atoms with Gasteiger partial charge in [0.05, 0.1) is 18.0 Å². The fourth-order valence-electron chi connectivity index (χ4n) is 2.45. The average molecular weight is 262 g/mol. The third-order valence-corrected chi connectivity index (χ3v) is 3.59. The van der Waals surface area contributed by atoms with E-state index in [0.717, 1.165) is 18.0 Å². The second-order valence-corrected chi connectivity index (χ2v) is 5.75. The Balaban J connectivity index is 1.83. The minimum absolute atomic E-state index is 0.393. The van der Waals surface area contributed by atoms with E-state index in [1.165, 1.54) is 38.5 Å². The molecule has 0 atom stereocenters. The van der Waals surface area contributed by atoms with Crippen molar-refractivity contribution in [3.8, 4) is 5.75 Å². The fraction of sp³-hybridized carbons (Fsp3) is 0.688. The van der Waals surface area contributed by atoms with Crippen LogP contribution in [0.15, 0.2) is 18.3 Å². The molecule has 1 aromatic rings. The molecular weight excluding hydrogens is 236 g/mol. The summed E-state index contributed by atoms with van der Waals surface area (Å²) in [4.78, 5) is 4.45. The summed E-state index contributed by atoms with van der Waals surface area (Å²) >= 11 is 0. The topological polar surface area (TPSA) is 34.1 Å². The molecule has 1 N–H and O–H groups in total. The molecule has 1 saturated carbocycles. The molecule has 0 aromatic carbocycles. The van der Waals surface area contributed by atoms with Crippen LogP contribution in [0.5, 0.6) is 5.75 Å². The minimum Gasteiger partial charge on any atom is -0.489 e. The van der Waals surface area contributed by atoms with Crippen LogP contribution in [0.4, 0.5) is 0 Å². The van der Waals surface area contributed by atoms with E-state index in [4.69, 9.17) is 4.74 Å². The van der Waals surface area contributed by atoms with Crippen molar-refractivity contribution in [1.29, 1.82) is 0 Å². The molecule has 0 radical (unpaired) electrons. The lowest BCUT2D eigenvalue weighted by Gasteiger charge is -2.17. The van der Waals surface area contributed by atoms with E-state index < -0.39 is 0 Å². The highest BCUT2D eigenvalue weighted by Crippen LogP contribution is 2.22. The quantitative estimate of drug-likeness (QED) is 0.822. The van der Waals surface area contributed by atoms with Gasteiger partial charge in [-0.3, -0.25) is 4.98 Å². The fourth-order valence-corrected chi connectivity index (χ4v) is 2.45. The van der Waals surface area contributed by atoms with Gasteiger partial charge in [-0.25, -0.2) is 0 Å². The Morgan fingerprint density at radius 2 is 1.95 bits per heavy atom. The first-order valence-corrected chi connectivity index (χ1v) is 7.59. The predicted molar refractivity (Wildman–Crippen MR) is 78.3 cm³/mol. The van der Waals surface area contributed by atoms with Gasteiger partial charge in [0, 0.05) is 12.6 Å².